The van der Waals surface area contributed by atoms with Crippen molar-refractivity contribution in [3.8, 4) is 0 Å². The molecule has 1 aromatic rings. The monoisotopic (exact) mass is 418 g/mol. The van der Waals surface area contributed by atoms with Gasteiger partial charge in [0.25, 0.3) is 5.56 Å². The van der Waals surface area contributed by atoms with Crippen molar-refractivity contribution in [2.75, 3.05) is 43.5 Å². The smallest absolute Gasteiger partial charge is 0.250 e. The zero-order chi connectivity index (χ0) is 20.5. The third-order valence-corrected chi connectivity index (χ3v) is 7.14. The van der Waals surface area contributed by atoms with Gasteiger partial charge in [0.05, 0.1) is 11.4 Å². The maximum atomic E-state index is 12.5. The minimum Gasteiger partial charge on any atom is -0.343 e. The van der Waals surface area contributed by atoms with Crippen molar-refractivity contribution in [1.29, 1.82) is 0 Å². The van der Waals surface area contributed by atoms with Gasteiger partial charge < -0.3 is 14.8 Å². The molecule has 8 heteroatoms. The summed E-state index contributed by atoms with van der Waals surface area (Å²) in [6.45, 7) is 5.95. The minimum atomic E-state index is -0.0228. The van der Waals surface area contributed by atoms with E-state index in [1.807, 2.05) is 15.7 Å². The zero-order valence-electron chi connectivity index (χ0n) is 17.2. The molecule has 4 rings (SSSR count). The molecule has 2 fully saturated rings. The molecule has 3 aliphatic heterocycles. The van der Waals surface area contributed by atoms with Crippen molar-refractivity contribution in [3.05, 3.63) is 28.2 Å². The van der Waals surface area contributed by atoms with E-state index >= 15 is 0 Å². The zero-order valence-corrected chi connectivity index (χ0v) is 18.0. The van der Waals surface area contributed by atoms with Crippen LogP contribution >= 0.6 is 11.8 Å². The molecule has 0 radical (unpaired) electrons. The molecule has 0 aliphatic carbocycles. The summed E-state index contributed by atoms with van der Waals surface area (Å²) in [6.07, 6.45) is 5.00. The van der Waals surface area contributed by atoms with Gasteiger partial charge in [-0.3, -0.25) is 19.3 Å². The molecule has 3 aliphatic rings. The summed E-state index contributed by atoms with van der Waals surface area (Å²) in [6, 6.07) is 3.85. The number of hydrogen-bond acceptors (Lipinski definition) is 5. The predicted octanol–water partition coefficient (Wildman–Crippen LogP) is 1.58. The number of rotatable bonds is 4. The summed E-state index contributed by atoms with van der Waals surface area (Å²) in [7, 11) is 0. The Bertz CT molecular complexity index is 847. The number of likely N-dealkylation sites (tertiary alicyclic amines) is 2. The molecule has 0 saturated carbocycles. The number of aromatic nitrogens is 1. The summed E-state index contributed by atoms with van der Waals surface area (Å²) in [5.41, 5.74) is 1.82. The Hall–Kier alpha value is -1.80. The van der Waals surface area contributed by atoms with Gasteiger partial charge in [0, 0.05) is 63.4 Å². The number of piperidine rings is 2. The van der Waals surface area contributed by atoms with Crippen LogP contribution in [0.4, 0.5) is 5.69 Å². The standard InChI is InChI=1S/C21H30N4O3S/c1-14(26)23-7-5-17(6-8-23)24-10-15-9-16(12-24)21-18(22-19(27)13-29-2)3-4-20(28)25(21)11-15/h3-4,15-17H,5-13H2,1-2H3,(H,22,27)/t15-,16+/m0/s1. The molecule has 7 nitrogen and oxygen atoms in total. The van der Waals surface area contributed by atoms with E-state index in [4.69, 9.17) is 0 Å². The van der Waals surface area contributed by atoms with E-state index in [-0.39, 0.29) is 23.3 Å². The van der Waals surface area contributed by atoms with Crippen LogP contribution in [0.5, 0.6) is 0 Å². The predicted molar refractivity (Wildman–Crippen MR) is 115 cm³/mol. The van der Waals surface area contributed by atoms with E-state index in [0.717, 1.165) is 63.4 Å². The first kappa shape index (κ1) is 20.5. The normalized spacial score (nSPS) is 24.8. The highest BCUT2D eigenvalue weighted by molar-refractivity contribution is 7.99. The van der Waals surface area contributed by atoms with Crippen molar-refractivity contribution in [2.24, 2.45) is 5.92 Å². The van der Waals surface area contributed by atoms with Crippen molar-refractivity contribution < 1.29 is 9.59 Å². The van der Waals surface area contributed by atoms with Gasteiger partial charge in [-0.15, -0.1) is 0 Å². The molecule has 1 N–H and O–H groups in total. The lowest BCUT2D eigenvalue weighted by atomic mass is 9.81. The van der Waals surface area contributed by atoms with Crippen LogP contribution in [0.2, 0.25) is 0 Å². The number of amides is 2. The molecule has 0 aromatic carbocycles. The van der Waals surface area contributed by atoms with Crippen LogP contribution in [-0.2, 0) is 16.1 Å². The number of nitrogens with zero attached hydrogens (tertiary/aromatic N) is 3. The van der Waals surface area contributed by atoms with Gasteiger partial charge in [-0.1, -0.05) is 0 Å². The molecule has 2 amide bonds. The summed E-state index contributed by atoms with van der Waals surface area (Å²) < 4.78 is 1.89. The SMILES string of the molecule is CSCC(=O)Nc1ccc(=O)n2c1[C@@H]1C[C@@H](CN(C3CCN(C(C)=O)CC3)C1)C2. The topological polar surface area (TPSA) is 74.7 Å². The Morgan fingerprint density at radius 3 is 2.62 bits per heavy atom. The number of anilines is 1. The minimum absolute atomic E-state index is 0.0228. The van der Waals surface area contributed by atoms with E-state index < -0.39 is 0 Å². The van der Waals surface area contributed by atoms with Gasteiger partial charge in [-0.05, 0) is 37.5 Å². The summed E-state index contributed by atoms with van der Waals surface area (Å²) >= 11 is 1.49. The second kappa shape index (κ2) is 8.52. The molecule has 0 spiro atoms. The van der Waals surface area contributed by atoms with Gasteiger partial charge >= 0.3 is 0 Å². The van der Waals surface area contributed by atoms with E-state index in [2.05, 4.69) is 10.2 Å². The van der Waals surface area contributed by atoms with Crippen molar-refractivity contribution in [1.82, 2.24) is 14.4 Å². The second-order valence-electron chi connectivity index (χ2n) is 8.55. The lowest BCUT2D eigenvalue weighted by molar-refractivity contribution is -0.130. The Labute approximate surface area is 175 Å². The van der Waals surface area contributed by atoms with Crippen LogP contribution in [0, 0.1) is 5.92 Å². The van der Waals surface area contributed by atoms with Crippen LogP contribution in [0.1, 0.15) is 37.8 Å². The van der Waals surface area contributed by atoms with Crippen LogP contribution in [0.25, 0.3) is 0 Å². The average molecular weight is 419 g/mol. The average Bonchev–Trinajstić information content (AvgIpc) is 2.70. The molecule has 2 saturated heterocycles. The molecule has 158 valence electrons. The Balaban J connectivity index is 1.54. The molecular formula is C21H30N4O3S. The van der Waals surface area contributed by atoms with Crippen LogP contribution in [0.3, 0.4) is 0 Å². The second-order valence-corrected chi connectivity index (χ2v) is 9.42. The number of carbonyl (C=O) groups excluding carboxylic acids is 2. The van der Waals surface area contributed by atoms with E-state index in [1.165, 1.54) is 11.8 Å². The summed E-state index contributed by atoms with van der Waals surface area (Å²) in [5.74, 6) is 1.27. The summed E-state index contributed by atoms with van der Waals surface area (Å²) in [5, 5.41) is 3.03. The quantitative estimate of drug-likeness (QED) is 0.804. The number of thioether (sulfide) groups is 1. The van der Waals surface area contributed by atoms with Crippen molar-refractivity contribution in [2.45, 2.75) is 44.7 Å². The molecule has 4 heterocycles. The fourth-order valence-corrected chi connectivity index (χ4v) is 5.65. The summed E-state index contributed by atoms with van der Waals surface area (Å²) in [4.78, 5) is 40.9. The fraction of sp³-hybridized carbons (Fsp3) is 0.667. The first-order chi connectivity index (χ1) is 14.0. The van der Waals surface area contributed by atoms with Crippen LogP contribution in [-0.4, -0.2) is 70.4 Å². The van der Waals surface area contributed by atoms with Gasteiger partial charge in [0.1, 0.15) is 0 Å². The number of fused-ring (bicyclic) bond motifs is 4. The largest absolute Gasteiger partial charge is 0.343 e. The van der Waals surface area contributed by atoms with Gasteiger partial charge in [-0.25, -0.2) is 0 Å². The molecule has 0 unspecified atom stereocenters. The van der Waals surface area contributed by atoms with E-state index in [9.17, 15) is 14.4 Å². The Kier molecular flexibility index (Phi) is 6.01. The molecule has 29 heavy (non-hydrogen) atoms. The highest BCUT2D eigenvalue weighted by atomic mass is 32.2. The van der Waals surface area contributed by atoms with E-state index in [0.29, 0.717) is 17.7 Å². The third kappa shape index (κ3) is 4.23. The Morgan fingerprint density at radius 1 is 1.17 bits per heavy atom. The van der Waals surface area contributed by atoms with Gasteiger partial charge in [-0.2, -0.15) is 11.8 Å². The van der Waals surface area contributed by atoms with Crippen molar-refractivity contribution >= 4 is 29.3 Å². The number of carbonyl (C=O) groups is 2. The van der Waals surface area contributed by atoms with Crippen LogP contribution in [0.15, 0.2) is 16.9 Å². The van der Waals surface area contributed by atoms with Gasteiger partial charge in [0.15, 0.2) is 0 Å². The maximum absolute atomic E-state index is 12.5. The fourth-order valence-electron chi connectivity index (χ4n) is 5.32. The molecule has 2 atom stereocenters. The molecule has 1 aromatic heterocycles. The lowest BCUT2D eigenvalue weighted by Gasteiger charge is -2.47. The number of hydrogen-bond donors (Lipinski definition) is 1. The van der Waals surface area contributed by atoms with E-state index in [1.54, 1.807) is 19.1 Å². The number of pyridine rings is 1. The Morgan fingerprint density at radius 2 is 1.93 bits per heavy atom. The molecular weight excluding hydrogens is 388 g/mol. The lowest BCUT2D eigenvalue weighted by Crippen LogP contribution is -2.53. The molecule has 2 bridgehead atoms. The highest BCUT2D eigenvalue weighted by Gasteiger charge is 2.39. The maximum Gasteiger partial charge on any atom is 0.250 e. The number of nitrogens with one attached hydrogen (secondary N) is 1. The highest BCUT2D eigenvalue weighted by Crippen LogP contribution is 2.40. The van der Waals surface area contributed by atoms with Crippen LogP contribution < -0.4 is 10.9 Å². The first-order valence-electron chi connectivity index (χ1n) is 10.5. The van der Waals surface area contributed by atoms with Gasteiger partial charge in [0.2, 0.25) is 11.8 Å². The first-order valence-corrected chi connectivity index (χ1v) is 11.9. The third-order valence-electron chi connectivity index (χ3n) is 6.59. The van der Waals surface area contributed by atoms with Crippen molar-refractivity contribution in [3.63, 3.8) is 0 Å².